The molecule has 1 aliphatic heterocycles. The fourth-order valence-corrected chi connectivity index (χ4v) is 3.87. The average molecular weight is 361 g/mol. The number of rotatable bonds is 4. The summed E-state index contributed by atoms with van der Waals surface area (Å²) in [6, 6.07) is 10.7. The molecule has 1 saturated heterocycles. The molecule has 0 saturated carbocycles. The Morgan fingerprint density at radius 2 is 2.00 bits per heavy atom. The second kappa shape index (κ2) is 8.02. The molecule has 5 nitrogen and oxygen atoms in total. The van der Waals surface area contributed by atoms with Crippen LogP contribution in [0, 0.1) is 0 Å². The minimum Gasteiger partial charge on any atom is -0.351 e. The number of piperidine rings is 1. The number of nitrogens with one attached hydrogen (secondary N) is 2. The molecular weight excluding hydrogens is 336 g/mol. The minimum atomic E-state index is 0. The van der Waals surface area contributed by atoms with Crippen LogP contribution in [0.1, 0.15) is 35.6 Å². The summed E-state index contributed by atoms with van der Waals surface area (Å²) in [6.45, 7) is 2.39. The third-order valence-corrected chi connectivity index (χ3v) is 5.10. The number of aromatic nitrogens is 2. The Morgan fingerprint density at radius 1 is 1.24 bits per heavy atom. The van der Waals surface area contributed by atoms with Crippen molar-refractivity contribution in [2.45, 2.75) is 44.2 Å². The predicted octanol–water partition coefficient (Wildman–Crippen LogP) is 2.06. The quantitative estimate of drug-likeness (QED) is 0.877. The van der Waals surface area contributed by atoms with E-state index in [1.165, 1.54) is 24.0 Å². The molecule has 2 aliphatic rings. The first-order valence-electron chi connectivity index (χ1n) is 8.88. The first kappa shape index (κ1) is 18.0. The monoisotopic (exact) mass is 360 g/mol. The lowest BCUT2D eigenvalue weighted by Gasteiger charge is -2.20. The third-order valence-electron chi connectivity index (χ3n) is 5.10. The molecule has 0 spiro atoms. The number of halogens is 1. The van der Waals surface area contributed by atoms with E-state index in [0.29, 0.717) is 12.5 Å². The fourth-order valence-electron chi connectivity index (χ4n) is 3.87. The number of carbonyl (C=O) groups is 1. The fraction of sp³-hybridized carbons (Fsp3) is 0.474. The number of carbonyl (C=O) groups excluding carboxylic acids is 1. The molecule has 1 aromatic heterocycles. The van der Waals surface area contributed by atoms with Crippen molar-refractivity contribution in [2.24, 2.45) is 0 Å². The van der Waals surface area contributed by atoms with Gasteiger partial charge in [-0.15, -0.1) is 12.4 Å². The van der Waals surface area contributed by atoms with Crippen molar-refractivity contribution >= 4 is 18.3 Å². The summed E-state index contributed by atoms with van der Waals surface area (Å²) < 4.78 is 1.77. The number of amides is 1. The first-order valence-corrected chi connectivity index (χ1v) is 8.88. The van der Waals surface area contributed by atoms with E-state index in [0.717, 1.165) is 31.6 Å². The van der Waals surface area contributed by atoms with Crippen molar-refractivity contribution in [2.75, 3.05) is 13.1 Å². The lowest BCUT2D eigenvalue weighted by Crippen LogP contribution is -2.37. The molecule has 1 aliphatic carbocycles. The Hall–Kier alpha value is -1.85. The van der Waals surface area contributed by atoms with Crippen molar-refractivity contribution in [3.05, 3.63) is 53.3 Å². The van der Waals surface area contributed by atoms with Gasteiger partial charge in [-0.2, -0.15) is 5.10 Å². The predicted molar refractivity (Wildman–Crippen MR) is 100 cm³/mol. The molecule has 1 unspecified atom stereocenters. The van der Waals surface area contributed by atoms with Gasteiger partial charge >= 0.3 is 0 Å². The summed E-state index contributed by atoms with van der Waals surface area (Å²) in [6.07, 6.45) is 6.16. The van der Waals surface area contributed by atoms with E-state index in [4.69, 9.17) is 0 Å². The second-order valence-electron chi connectivity index (χ2n) is 6.92. The van der Waals surface area contributed by atoms with Gasteiger partial charge in [0.15, 0.2) is 0 Å². The maximum Gasteiger partial charge on any atom is 0.241 e. The van der Waals surface area contributed by atoms with E-state index in [1.54, 1.807) is 4.68 Å². The van der Waals surface area contributed by atoms with Gasteiger partial charge in [-0.05, 0) is 49.4 Å². The van der Waals surface area contributed by atoms with Crippen molar-refractivity contribution in [1.82, 2.24) is 20.4 Å². The highest BCUT2D eigenvalue weighted by Crippen LogP contribution is 2.22. The summed E-state index contributed by atoms with van der Waals surface area (Å²) >= 11 is 0. The van der Waals surface area contributed by atoms with Crippen LogP contribution in [0.3, 0.4) is 0 Å². The van der Waals surface area contributed by atoms with Gasteiger partial charge in [0, 0.05) is 24.7 Å². The van der Waals surface area contributed by atoms with Crippen LogP contribution in [-0.4, -0.2) is 34.8 Å². The molecule has 1 fully saturated rings. The van der Waals surface area contributed by atoms with Gasteiger partial charge in [0.05, 0.1) is 5.69 Å². The van der Waals surface area contributed by atoms with Gasteiger partial charge in [0.2, 0.25) is 5.91 Å². The lowest BCUT2D eigenvalue weighted by molar-refractivity contribution is -0.122. The molecule has 0 radical (unpaired) electrons. The van der Waals surface area contributed by atoms with Crippen molar-refractivity contribution < 1.29 is 4.79 Å². The summed E-state index contributed by atoms with van der Waals surface area (Å²) in [5, 5.41) is 11.2. The van der Waals surface area contributed by atoms with Gasteiger partial charge in [-0.3, -0.25) is 9.48 Å². The smallest absolute Gasteiger partial charge is 0.241 e. The zero-order chi connectivity index (χ0) is 16.4. The number of fused-ring (bicyclic) bond motifs is 1. The van der Waals surface area contributed by atoms with E-state index >= 15 is 0 Å². The van der Waals surface area contributed by atoms with Crippen LogP contribution in [0.5, 0.6) is 0 Å². The van der Waals surface area contributed by atoms with Crippen molar-refractivity contribution in [3.8, 4) is 0 Å². The van der Waals surface area contributed by atoms with Crippen molar-refractivity contribution in [3.63, 3.8) is 0 Å². The van der Waals surface area contributed by atoms with Crippen LogP contribution in [0.4, 0.5) is 0 Å². The number of hydrogen-bond acceptors (Lipinski definition) is 3. The van der Waals surface area contributed by atoms with Crippen LogP contribution in [0.25, 0.3) is 0 Å². The molecule has 6 heteroatoms. The largest absolute Gasteiger partial charge is 0.351 e. The summed E-state index contributed by atoms with van der Waals surface area (Å²) in [4.78, 5) is 12.3. The Bertz CT molecular complexity index is 699. The number of benzene rings is 1. The van der Waals surface area contributed by atoms with E-state index < -0.39 is 0 Å². The van der Waals surface area contributed by atoms with Crippen LogP contribution >= 0.6 is 12.4 Å². The summed E-state index contributed by atoms with van der Waals surface area (Å²) in [5.74, 6) is 0.525. The van der Waals surface area contributed by atoms with Gasteiger partial charge in [0.25, 0.3) is 0 Å². The molecule has 25 heavy (non-hydrogen) atoms. The second-order valence-corrected chi connectivity index (χ2v) is 6.92. The van der Waals surface area contributed by atoms with Crippen LogP contribution in [0.2, 0.25) is 0 Å². The number of hydrogen-bond donors (Lipinski definition) is 2. The number of nitrogens with zero attached hydrogens (tertiary/aromatic N) is 2. The molecule has 2 aromatic rings. The molecule has 1 amide bonds. The molecule has 134 valence electrons. The van der Waals surface area contributed by atoms with Gasteiger partial charge in [-0.25, -0.2) is 0 Å². The van der Waals surface area contributed by atoms with E-state index in [9.17, 15) is 4.79 Å². The highest BCUT2D eigenvalue weighted by molar-refractivity contribution is 5.85. The molecule has 0 bridgehead atoms. The van der Waals surface area contributed by atoms with Crippen molar-refractivity contribution in [1.29, 1.82) is 0 Å². The Kier molecular flexibility index (Phi) is 5.76. The molecule has 2 heterocycles. The average Bonchev–Trinajstić information content (AvgIpc) is 3.21. The normalized spacial score (nSPS) is 19.9. The molecule has 1 atom stereocenters. The maximum atomic E-state index is 12.3. The van der Waals surface area contributed by atoms with Gasteiger partial charge < -0.3 is 10.6 Å². The topological polar surface area (TPSA) is 59.0 Å². The Morgan fingerprint density at radius 3 is 2.68 bits per heavy atom. The molecule has 1 aromatic carbocycles. The van der Waals surface area contributed by atoms with E-state index in [1.807, 2.05) is 6.20 Å². The zero-order valence-electron chi connectivity index (χ0n) is 14.3. The Labute approximate surface area is 154 Å². The van der Waals surface area contributed by atoms with Crippen LogP contribution in [-0.2, 0) is 24.2 Å². The third kappa shape index (κ3) is 4.22. The van der Waals surface area contributed by atoms with Gasteiger partial charge in [-0.1, -0.05) is 24.3 Å². The minimum absolute atomic E-state index is 0. The highest BCUT2D eigenvalue weighted by Gasteiger charge is 2.23. The maximum absolute atomic E-state index is 12.3. The van der Waals surface area contributed by atoms with E-state index in [2.05, 4.69) is 46.1 Å². The van der Waals surface area contributed by atoms with Gasteiger partial charge in [0.1, 0.15) is 6.54 Å². The highest BCUT2D eigenvalue weighted by atomic mass is 35.5. The molecular formula is C19H25ClN4O. The standard InChI is InChI=1S/C19H24N4O.ClH/c24-19(21-17-10-14-4-1-2-5-15(14)11-17)13-23-9-7-18(22-23)16-6-3-8-20-12-16;/h1-2,4-5,7,9,16-17,20H,3,6,8,10-13H2,(H,21,24);1H. The summed E-state index contributed by atoms with van der Waals surface area (Å²) in [7, 11) is 0. The summed E-state index contributed by atoms with van der Waals surface area (Å²) in [5.41, 5.74) is 3.81. The SMILES string of the molecule is Cl.O=C(Cn1ccc(C2CCCNC2)n1)NC1Cc2ccccc2C1. The van der Waals surface area contributed by atoms with E-state index in [-0.39, 0.29) is 24.4 Å². The van der Waals surface area contributed by atoms with Crippen LogP contribution in [0.15, 0.2) is 36.5 Å². The zero-order valence-corrected chi connectivity index (χ0v) is 15.1. The Balaban J connectivity index is 0.00000182. The first-order chi connectivity index (χ1) is 11.8. The molecule has 4 rings (SSSR count). The lowest BCUT2D eigenvalue weighted by atomic mass is 9.97. The molecule has 2 N–H and O–H groups in total. The van der Waals surface area contributed by atoms with Crippen LogP contribution < -0.4 is 10.6 Å².